The minimum absolute atomic E-state index is 0.111. The average Bonchev–Trinajstić information content (AvgIpc) is 3.71. The van der Waals surface area contributed by atoms with Gasteiger partial charge in [-0.25, -0.2) is 9.97 Å². The Balaban J connectivity index is 1.21. The van der Waals surface area contributed by atoms with Crippen LogP contribution in [0.4, 0.5) is 5.69 Å². The maximum absolute atomic E-state index is 12.6. The molecule has 7 rings (SSSR count). The SMILES string of the molecule is O=C(Cc1ccccc1)Nc1cncc(-c2ccc3[nH]nc(-c4nc5c(-c6ccc(Cl)s6)cccc5[nH]4)c3n2)c1. The van der Waals surface area contributed by atoms with Gasteiger partial charge < -0.3 is 10.3 Å². The van der Waals surface area contributed by atoms with Crippen molar-refractivity contribution in [1.82, 2.24) is 30.1 Å². The molecule has 40 heavy (non-hydrogen) atoms. The largest absolute Gasteiger partial charge is 0.336 e. The van der Waals surface area contributed by atoms with Crippen molar-refractivity contribution in [1.29, 1.82) is 0 Å². The van der Waals surface area contributed by atoms with Crippen LogP contribution in [0.2, 0.25) is 4.34 Å². The Morgan fingerprint density at radius 2 is 1.80 bits per heavy atom. The number of hydrogen-bond acceptors (Lipinski definition) is 6. The Labute approximate surface area is 237 Å². The number of fused-ring (bicyclic) bond motifs is 2. The third-order valence-corrected chi connectivity index (χ3v) is 7.77. The van der Waals surface area contributed by atoms with E-state index in [9.17, 15) is 4.79 Å². The monoisotopic (exact) mass is 561 g/mol. The Morgan fingerprint density at radius 1 is 0.900 bits per heavy atom. The molecule has 5 aromatic heterocycles. The van der Waals surface area contributed by atoms with E-state index in [1.165, 1.54) is 11.3 Å². The molecule has 0 atom stereocenters. The maximum Gasteiger partial charge on any atom is 0.228 e. The van der Waals surface area contributed by atoms with Gasteiger partial charge in [0.2, 0.25) is 5.91 Å². The van der Waals surface area contributed by atoms with Crippen molar-refractivity contribution >= 4 is 56.6 Å². The minimum atomic E-state index is -0.111. The number of H-pyrrole nitrogens is 2. The predicted octanol–water partition coefficient (Wildman–Crippen LogP) is 7.13. The molecule has 8 nitrogen and oxygen atoms in total. The van der Waals surface area contributed by atoms with Crippen LogP contribution < -0.4 is 5.32 Å². The first-order chi connectivity index (χ1) is 19.6. The zero-order valence-corrected chi connectivity index (χ0v) is 22.4. The molecule has 0 spiro atoms. The van der Waals surface area contributed by atoms with Gasteiger partial charge in [-0.05, 0) is 42.0 Å². The molecule has 0 saturated carbocycles. The van der Waals surface area contributed by atoms with E-state index in [4.69, 9.17) is 21.6 Å². The summed E-state index contributed by atoms with van der Waals surface area (Å²) in [5.41, 5.74) is 7.83. The summed E-state index contributed by atoms with van der Waals surface area (Å²) < 4.78 is 0.729. The number of benzene rings is 2. The molecule has 194 valence electrons. The summed E-state index contributed by atoms with van der Waals surface area (Å²) in [4.78, 5) is 31.2. The Kier molecular flexibility index (Phi) is 6.07. The number of thiophene rings is 1. The van der Waals surface area contributed by atoms with E-state index in [0.717, 1.165) is 42.5 Å². The van der Waals surface area contributed by atoms with Crippen molar-refractivity contribution < 1.29 is 4.79 Å². The van der Waals surface area contributed by atoms with Gasteiger partial charge >= 0.3 is 0 Å². The van der Waals surface area contributed by atoms with Crippen LogP contribution in [0.3, 0.4) is 0 Å². The Bertz CT molecular complexity index is 2010. The van der Waals surface area contributed by atoms with Crippen LogP contribution in [-0.4, -0.2) is 36.0 Å². The lowest BCUT2D eigenvalue weighted by Crippen LogP contribution is -2.14. The molecular weight excluding hydrogens is 542 g/mol. The molecule has 0 aliphatic heterocycles. The molecule has 3 N–H and O–H groups in total. The summed E-state index contributed by atoms with van der Waals surface area (Å²) in [6.45, 7) is 0. The van der Waals surface area contributed by atoms with Gasteiger partial charge in [-0.2, -0.15) is 5.10 Å². The van der Waals surface area contributed by atoms with E-state index in [1.54, 1.807) is 12.4 Å². The number of aromatic amines is 2. The zero-order valence-electron chi connectivity index (χ0n) is 20.9. The highest BCUT2D eigenvalue weighted by Crippen LogP contribution is 2.36. The highest BCUT2D eigenvalue weighted by atomic mass is 35.5. The van der Waals surface area contributed by atoms with E-state index in [2.05, 4.69) is 25.5 Å². The molecular formula is C30H20ClN7OS. The number of imidazole rings is 1. The van der Waals surface area contributed by atoms with Crippen molar-refractivity contribution in [2.75, 3.05) is 5.32 Å². The summed E-state index contributed by atoms with van der Waals surface area (Å²) in [6.07, 6.45) is 3.63. The molecule has 0 saturated heterocycles. The quantitative estimate of drug-likeness (QED) is 0.200. The lowest BCUT2D eigenvalue weighted by atomic mass is 10.1. The first kappa shape index (κ1) is 24.2. The Hall–Kier alpha value is -4.86. The first-order valence-corrected chi connectivity index (χ1v) is 13.7. The highest BCUT2D eigenvalue weighted by molar-refractivity contribution is 7.19. The van der Waals surface area contributed by atoms with Crippen LogP contribution in [0.25, 0.3) is 55.3 Å². The van der Waals surface area contributed by atoms with Gasteiger partial charge in [-0.3, -0.25) is 14.9 Å². The van der Waals surface area contributed by atoms with Crippen LogP contribution in [-0.2, 0) is 11.2 Å². The fraction of sp³-hybridized carbons (Fsp3) is 0.0333. The van der Waals surface area contributed by atoms with Crippen LogP contribution in [0.5, 0.6) is 0 Å². The number of nitrogens with zero attached hydrogens (tertiary/aromatic N) is 4. The van der Waals surface area contributed by atoms with Gasteiger partial charge in [0.15, 0.2) is 11.5 Å². The van der Waals surface area contributed by atoms with Gasteiger partial charge in [0.25, 0.3) is 0 Å². The second kappa shape index (κ2) is 10.0. The average molecular weight is 562 g/mol. The molecule has 0 aliphatic carbocycles. The number of hydrogen-bond donors (Lipinski definition) is 3. The fourth-order valence-electron chi connectivity index (χ4n) is 4.66. The van der Waals surface area contributed by atoms with Crippen molar-refractivity contribution in [3.63, 3.8) is 0 Å². The molecule has 2 aromatic carbocycles. The number of carbonyl (C=O) groups is 1. The van der Waals surface area contributed by atoms with E-state index in [-0.39, 0.29) is 12.3 Å². The smallest absolute Gasteiger partial charge is 0.228 e. The summed E-state index contributed by atoms with van der Waals surface area (Å²) in [7, 11) is 0. The van der Waals surface area contributed by atoms with Gasteiger partial charge in [0, 0.05) is 22.2 Å². The van der Waals surface area contributed by atoms with Gasteiger partial charge in [-0.15, -0.1) is 11.3 Å². The number of carbonyl (C=O) groups excluding carboxylic acids is 1. The Morgan fingerprint density at radius 3 is 2.65 bits per heavy atom. The van der Waals surface area contributed by atoms with E-state index < -0.39 is 0 Å². The highest BCUT2D eigenvalue weighted by Gasteiger charge is 2.17. The van der Waals surface area contributed by atoms with E-state index in [1.807, 2.05) is 78.9 Å². The molecule has 1 amide bonds. The molecule has 10 heteroatoms. The van der Waals surface area contributed by atoms with Crippen LogP contribution >= 0.6 is 22.9 Å². The predicted molar refractivity (Wildman–Crippen MR) is 159 cm³/mol. The lowest BCUT2D eigenvalue weighted by Gasteiger charge is -2.07. The van der Waals surface area contributed by atoms with E-state index in [0.29, 0.717) is 28.4 Å². The van der Waals surface area contributed by atoms with Crippen LogP contribution in [0.1, 0.15) is 5.56 Å². The maximum atomic E-state index is 12.6. The molecule has 0 aliphatic rings. The van der Waals surface area contributed by atoms with Crippen LogP contribution in [0, 0.1) is 0 Å². The second-order valence-corrected chi connectivity index (χ2v) is 10.9. The van der Waals surface area contributed by atoms with Gasteiger partial charge in [0.05, 0.1) is 44.9 Å². The van der Waals surface area contributed by atoms with E-state index >= 15 is 0 Å². The summed E-state index contributed by atoms with van der Waals surface area (Å²) in [6, 6.07) is 25.2. The third-order valence-electron chi connectivity index (χ3n) is 6.51. The standard InChI is InChI=1S/C30H20ClN7OS/c31-25-12-11-24(40-25)20-7-4-8-22-27(20)36-30(35-22)29-28-23(37-38-29)10-9-21(34-28)18-14-19(16-32-15-18)33-26(39)13-17-5-2-1-3-6-17/h1-12,14-16H,13H2,(H,33,39)(H,35,36)(H,37,38). The molecule has 7 aromatic rings. The first-order valence-electron chi connectivity index (χ1n) is 12.5. The lowest BCUT2D eigenvalue weighted by molar-refractivity contribution is -0.115. The summed E-state index contributed by atoms with van der Waals surface area (Å²) in [5.74, 6) is 0.501. The molecule has 5 heterocycles. The second-order valence-electron chi connectivity index (χ2n) is 9.23. The molecule has 0 unspecified atom stereocenters. The van der Waals surface area contributed by atoms with Crippen molar-refractivity contribution in [2.24, 2.45) is 0 Å². The van der Waals surface area contributed by atoms with Gasteiger partial charge in [-0.1, -0.05) is 54.1 Å². The molecule has 0 radical (unpaired) electrons. The number of nitrogens with one attached hydrogen (secondary N) is 3. The third kappa shape index (κ3) is 4.61. The van der Waals surface area contributed by atoms with Crippen molar-refractivity contribution in [3.05, 3.63) is 101 Å². The topological polar surface area (TPSA) is 112 Å². The number of anilines is 1. The van der Waals surface area contributed by atoms with Crippen molar-refractivity contribution in [2.45, 2.75) is 6.42 Å². The number of halogens is 1. The number of pyridine rings is 2. The summed E-state index contributed by atoms with van der Waals surface area (Å²) in [5, 5.41) is 10.5. The molecule has 0 bridgehead atoms. The number of rotatable bonds is 6. The molecule has 0 fully saturated rings. The fourth-order valence-corrected chi connectivity index (χ4v) is 5.73. The number of aromatic nitrogens is 6. The number of para-hydroxylation sites is 1. The van der Waals surface area contributed by atoms with Gasteiger partial charge in [0.1, 0.15) is 5.52 Å². The normalized spacial score (nSPS) is 11.3. The summed E-state index contributed by atoms with van der Waals surface area (Å²) >= 11 is 7.70. The zero-order chi connectivity index (χ0) is 27.1. The van der Waals surface area contributed by atoms with Crippen molar-refractivity contribution in [3.8, 4) is 33.2 Å². The number of amides is 1. The minimum Gasteiger partial charge on any atom is -0.336 e. The van der Waals surface area contributed by atoms with Crippen LogP contribution in [0.15, 0.2) is 91.3 Å².